The lowest BCUT2D eigenvalue weighted by molar-refractivity contribution is -0.123. The Kier molecular flexibility index (Phi) is 6.67. The summed E-state index contributed by atoms with van der Waals surface area (Å²) in [6.07, 6.45) is 0. The average molecular weight is 355 g/mol. The normalized spacial score (nSPS) is 12.3. The molecule has 1 N–H and O–H groups in total. The van der Waals surface area contributed by atoms with Gasteiger partial charge in [0.1, 0.15) is 11.5 Å². The zero-order valence-electron chi connectivity index (χ0n) is 16.3. The highest BCUT2D eigenvalue weighted by Gasteiger charge is 2.14. The van der Waals surface area contributed by atoms with Gasteiger partial charge in [-0.1, -0.05) is 45.0 Å². The molecule has 1 amide bonds. The van der Waals surface area contributed by atoms with Crippen molar-refractivity contribution in [2.24, 2.45) is 0 Å². The van der Waals surface area contributed by atoms with Gasteiger partial charge in [0.05, 0.1) is 12.6 Å². The van der Waals surface area contributed by atoms with Crippen LogP contribution in [0.25, 0.3) is 0 Å². The minimum absolute atomic E-state index is 0.00374. The number of carbonyl (C=O) groups excluding carboxylic acids is 1. The fourth-order valence-corrected chi connectivity index (χ4v) is 2.59. The first-order chi connectivity index (χ1) is 12.3. The van der Waals surface area contributed by atoms with Gasteiger partial charge in [-0.2, -0.15) is 0 Å². The standard InChI is InChI=1S/C22H29NO3/c1-6-25-19-11-7-17(8-12-19)16(2)23-21(24)15-26-20-13-9-18(10-14-20)22(3,4)5/h7-14,16H,6,15H2,1-5H3,(H,23,24)/t16-/m0/s1. The van der Waals surface area contributed by atoms with Crippen LogP contribution >= 0.6 is 0 Å². The Morgan fingerprint density at radius 2 is 1.50 bits per heavy atom. The van der Waals surface area contributed by atoms with Crippen molar-refractivity contribution in [1.29, 1.82) is 0 Å². The Bertz CT molecular complexity index is 700. The Morgan fingerprint density at radius 3 is 2.04 bits per heavy atom. The monoisotopic (exact) mass is 355 g/mol. The highest BCUT2D eigenvalue weighted by atomic mass is 16.5. The second-order valence-corrected chi connectivity index (χ2v) is 7.35. The fraction of sp³-hybridized carbons (Fsp3) is 0.409. The number of rotatable bonds is 7. The molecule has 2 rings (SSSR count). The molecule has 0 aliphatic rings. The van der Waals surface area contributed by atoms with Crippen molar-refractivity contribution in [2.75, 3.05) is 13.2 Å². The van der Waals surface area contributed by atoms with Gasteiger partial charge in [0.2, 0.25) is 0 Å². The van der Waals surface area contributed by atoms with Gasteiger partial charge in [-0.25, -0.2) is 0 Å². The van der Waals surface area contributed by atoms with Crippen LogP contribution in [-0.2, 0) is 10.2 Å². The predicted molar refractivity (Wildman–Crippen MR) is 105 cm³/mol. The lowest BCUT2D eigenvalue weighted by Crippen LogP contribution is -2.31. The van der Waals surface area contributed by atoms with Crippen molar-refractivity contribution in [3.63, 3.8) is 0 Å². The summed E-state index contributed by atoms with van der Waals surface area (Å²) in [5, 5.41) is 2.95. The topological polar surface area (TPSA) is 47.6 Å². The average Bonchev–Trinajstić information content (AvgIpc) is 2.60. The molecule has 1 atom stereocenters. The summed E-state index contributed by atoms with van der Waals surface area (Å²) in [6, 6.07) is 15.5. The van der Waals surface area contributed by atoms with E-state index in [4.69, 9.17) is 9.47 Å². The van der Waals surface area contributed by atoms with E-state index in [0.717, 1.165) is 11.3 Å². The highest BCUT2D eigenvalue weighted by molar-refractivity contribution is 5.78. The van der Waals surface area contributed by atoms with Crippen molar-refractivity contribution in [2.45, 2.75) is 46.1 Å². The maximum atomic E-state index is 12.1. The number of benzene rings is 2. The first kappa shape index (κ1) is 19.8. The van der Waals surface area contributed by atoms with Crippen molar-refractivity contribution in [1.82, 2.24) is 5.32 Å². The molecule has 4 heteroatoms. The lowest BCUT2D eigenvalue weighted by atomic mass is 9.87. The minimum atomic E-state index is -0.147. The SMILES string of the molecule is CCOc1ccc([C@H](C)NC(=O)COc2ccc(C(C)(C)C)cc2)cc1. The van der Waals surface area contributed by atoms with Crippen molar-refractivity contribution < 1.29 is 14.3 Å². The molecule has 0 aliphatic carbocycles. The van der Waals surface area contributed by atoms with Gasteiger partial charge < -0.3 is 14.8 Å². The second-order valence-electron chi connectivity index (χ2n) is 7.35. The Balaban J connectivity index is 1.84. The Labute approximate surface area is 156 Å². The van der Waals surface area contributed by atoms with Gasteiger partial charge in [0.25, 0.3) is 5.91 Å². The van der Waals surface area contributed by atoms with E-state index in [-0.39, 0.29) is 24.0 Å². The first-order valence-electron chi connectivity index (χ1n) is 9.05. The number of carbonyl (C=O) groups is 1. The lowest BCUT2D eigenvalue weighted by Gasteiger charge is -2.19. The maximum Gasteiger partial charge on any atom is 0.258 e. The van der Waals surface area contributed by atoms with E-state index in [1.807, 2.05) is 62.4 Å². The van der Waals surface area contributed by atoms with Gasteiger partial charge in [0.15, 0.2) is 6.61 Å². The molecule has 0 radical (unpaired) electrons. The van der Waals surface area contributed by atoms with Crippen LogP contribution in [0.15, 0.2) is 48.5 Å². The minimum Gasteiger partial charge on any atom is -0.494 e. The molecule has 2 aromatic rings. The van der Waals surface area contributed by atoms with Crippen LogP contribution in [0.2, 0.25) is 0 Å². The third kappa shape index (κ3) is 5.80. The summed E-state index contributed by atoms with van der Waals surface area (Å²) >= 11 is 0. The molecule has 4 nitrogen and oxygen atoms in total. The van der Waals surface area contributed by atoms with Crippen LogP contribution in [-0.4, -0.2) is 19.1 Å². The number of hydrogen-bond acceptors (Lipinski definition) is 3. The molecule has 2 aromatic carbocycles. The Morgan fingerprint density at radius 1 is 0.962 bits per heavy atom. The maximum absolute atomic E-state index is 12.1. The summed E-state index contributed by atoms with van der Waals surface area (Å²) in [4.78, 5) is 12.1. The molecule has 0 spiro atoms. The van der Waals surface area contributed by atoms with Gasteiger partial charge in [-0.15, -0.1) is 0 Å². The Hall–Kier alpha value is -2.49. The van der Waals surface area contributed by atoms with E-state index < -0.39 is 0 Å². The highest BCUT2D eigenvalue weighted by Crippen LogP contribution is 2.24. The molecule has 0 aliphatic heterocycles. The molecular formula is C22H29NO3. The van der Waals surface area contributed by atoms with E-state index in [0.29, 0.717) is 12.4 Å². The molecule has 0 unspecified atom stereocenters. The van der Waals surface area contributed by atoms with Gasteiger partial charge in [0, 0.05) is 0 Å². The van der Waals surface area contributed by atoms with Gasteiger partial charge in [-0.3, -0.25) is 4.79 Å². The molecule has 0 fully saturated rings. The molecule has 0 heterocycles. The van der Waals surface area contributed by atoms with Crippen LogP contribution in [0.1, 0.15) is 51.8 Å². The number of nitrogens with one attached hydrogen (secondary N) is 1. The van der Waals surface area contributed by atoms with E-state index >= 15 is 0 Å². The van der Waals surface area contributed by atoms with Crippen LogP contribution in [0.3, 0.4) is 0 Å². The van der Waals surface area contributed by atoms with E-state index in [9.17, 15) is 4.79 Å². The summed E-state index contributed by atoms with van der Waals surface area (Å²) in [7, 11) is 0. The van der Waals surface area contributed by atoms with Gasteiger partial charge >= 0.3 is 0 Å². The van der Waals surface area contributed by atoms with Crippen LogP contribution in [0, 0.1) is 0 Å². The summed E-state index contributed by atoms with van der Waals surface area (Å²) in [5.41, 5.74) is 2.36. The van der Waals surface area contributed by atoms with Crippen LogP contribution in [0.5, 0.6) is 11.5 Å². The molecule has 26 heavy (non-hydrogen) atoms. The first-order valence-corrected chi connectivity index (χ1v) is 9.05. The van der Waals surface area contributed by atoms with Crippen molar-refractivity contribution in [3.05, 3.63) is 59.7 Å². The molecule has 0 aromatic heterocycles. The predicted octanol–water partition coefficient (Wildman–Crippen LogP) is 4.64. The quantitative estimate of drug-likeness (QED) is 0.787. The van der Waals surface area contributed by atoms with Crippen molar-refractivity contribution >= 4 is 5.91 Å². The molecule has 140 valence electrons. The number of amides is 1. The largest absolute Gasteiger partial charge is 0.494 e. The molecule has 0 saturated carbocycles. The smallest absolute Gasteiger partial charge is 0.258 e. The van der Waals surface area contributed by atoms with Gasteiger partial charge in [-0.05, 0) is 54.7 Å². The van der Waals surface area contributed by atoms with Crippen LogP contribution in [0.4, 0.5) is 0 Å². The second kappa shape index (κ2) is 8.75. The summed E-state index contributed by atoms with van der Waals surface area (Å²) < 4.78 is 11.0. The van der Waals surface area contributed by atoms with E-state index in [2.05, 4.69) is 26.1 Å². The summed E-state index contributed by atoms with van der Waals surface area (Å²) in [5.74, 6) is 1.38. The summed E-state index contributed by atoms with van der Waals surface area (Å²) in [6.45, 7) is 11.0. The van der Waals surface area contributed by atoms with Crippen LogP contribution < -0.4 is 14.8 Å². The zero-order valence-corrected chi connectivity index (χ0v) is 16.3. The molecule has 0 bridgehead atoms. The molecule has 0 saturated heterocycles. The van der Waals surface area contributed by atoms with Crippen molar-refractivity contribution in [3.8, 4) is 11.5 Å². The number of hydrogen-bond donors (Lipinski definition) is 1. The third-order valence-corrected chi connectivity index (χ3v) is 4.16. The van der Waals surface area contributed by atoms with E-state index in [1.54, 1.807) is 0 Å². The fourth-order valence-electron chi connectivity index (χ4n) is 2.59. The zero-order chi connectivity index (χ0) is 19.2. The van der Waals surface area contributed by atoms with E-state index in [1.165, 1.54) is 5.56 Å². The number of ether oxygens (including phenoxy) is 2. The molecular weight excluding hydrogens is 326 g/mol. The third-order valence-electron chi connectivity index (χ3n) is 4.16.